The van der Waals surface area contributed by atoms with Crippen LogP contribution in [-0.4, -0.2) is 11.0 Å². The summed E-state index contributed by atoms with van der Waals surface area (Å²) in [7, 11) is 0. The summed E-state index contributed by atoms with van der Waals surface area (Å²) < 4.78 is 1.00. The van der Waals surface area contributed by atoms with Crippen LogP contribution in [0.1, 0.15) is 44.6 Å². The van der Waals surface area contributed by atoms with Crippen LogP contribution in [0.5, 0.6) is 0 Å². The number of hydrogen-bond acceptors (Lipinski definition) is 3. The van der Waals surface area contributed by atoms with E-state index < -0.39 is 0 Å². The Balaban J connectivity index is 2.00. The largest absolute Gasteiger partial charge is 0.397 e. The predicted octanol–water partition coefficient (Wildman–Crippen LogP) is 4.12. The van der Waals surface area contributed by atoms with Gasteiger partial charge in [0.15, 0.2) is 0 Å². The molecule has 3 N–H and O–H groups in total. The summed E-state index contributed by atoms with van der Waals surface area (Å²) in [6.07, 6.45) is 8.21. The standard InChI is InChI=1S/C14H22BrN3/c1-3-10-4-6-11(7-5-10)18-14-13(15)9(2)12(16)8-17-14/h8,10-11H,3-7,16H2,1-2H3,(H,17,18). The number of rotatable bonds is 3. The summed E-state index contributed by atoms with van der Waals surface area (Å²) in [6.45, 7) is 4.31. The van der Waals surface area contributed by atoms with Gasteiger partial charge in [-0.25, -0.2) is 4.98 Å². The molecule has 18 heavy (non-hydrogen) atoms. The van der Waals surface area contributed by atoms with Crippen molar-refractivity contribution >= 4 is 27.4 Å². The summed E-state index contributed by atoms with van der Waals surface area (Å²) in [4.78, 5) is 4.39. The van der Waals surface area contributed by atoms with Crippen molar-refractivity contribution in [3.05, 3.63) is 16.2 Å². The van der Waals surface area contributed by atoms with Crippen molar-refractivity contribution in [2.45, 2.75) is 52.0 Å². The number of aromatic nitrogens is 1. The maximum atomic E-state index is 5.84. The lowest BCUT2D eigenvalue weighted by Crippen LogP contribution is -2.26. The molecule has 2 rings (SSSR count). The van der Waals surface area contributed by atoms with Crippen molar-refractivity contribution in [1.29, 1.82) is 0 Å². The Labute approximate surface area is 118 Å². The van der Waals surface area contributed by atoms with Gasteiger partial charge in [-0.1, -0.05) is 13.3 Å². The summed E-state index contributed by atoms with van der Waals surface area (Å²) in [5.41, 5.74) is 7.64. The van der Waals surface area contributed by atoms with Crippen LogP contribution in [0.25, 0.3) is 0 Å². The molecule has 1 saturated carbocycles. The van der Waals surface area contributed by atoms with E-state index in [4.69, 9.17) is 5.73 Å². The summed E-state index contributed by atoms with van der Waals surface area (Å²) in [5.74, 6) is 1.86. The van der Waals surface area contributed by atoms with Gasteiger partial charge >= 0.3 is 0 Å². The summed E-state index contributed by atoms with van der Waals surface area (Å²) in [5, 5.41) is 3.55. The first-order valence-corrected chi connectivity index (χ1v) is 7.58. The molecule has 4 heteroatoms. The summed E-state index contributed by atoms with van der Waals surface area (Å²) >= 11 is 3.58. The number of pyridine rings is 1. The molecule has 1 aliphatic rings. The molecule has 0 unspecified atom stereocenters. The molecule has 0 saturated heterocycles. The highest BCUT2D eigenvalue weighted by Crippen LogP contribution is 2.32. The van der Waals surface area contributed by atoms with Crippen molar-refractivity contribution in [2.75, 3.05) is 11.1 Å². The third kappa shape index (κ3) is 2.97. The quantitative estimate of drug-likeness (QED) is 0.883. The topological polar surface area (TPSA) is 50.9 Å². The van der Waals surface area contributed by atoms with Crippen LogP contribution in [0, 0.1) is 12.8 Å². The molecule has 0 amide bonds. The van der Waals surface area contributed by atoms with E-state index in [1.54, 1.807) is 6.20 Å². The molecule has 1 heterocycles. The highest BCUT2D eigenvalue weighted by Gasteiger charge is 2.21. The Morgan fingerprint density at radius 2 is 2.06 bits per heavy atom. The van der Waals surface area contributed by atoms with Gasteiger partial charge in [0.1, 0.15) is 5.82 Å². The number of nitrogen functional groups attached to an aromatic ring is 1. The van der Waals surface area contributed by atoms with Crippen molar-refractivity contribution in [2.24, 2.45) is 5.92 Å². The Kier molecular flexibility index (Phi) is 4.49. The number of hydrogen-bond donors (Lipinski definition) is 2. The Morgan fingerprint density at radius 1 is 1.39 bits per heavy atom. The maximum absolute atomic E-state index is 5.84. The van der Waals surface area contributed by atoms with Crippen LogP contribution in [0.4, 0.5) is 11.5 Å². The lowest BCUT2D eigenvalue weighted by atomic mass is 9.84. The third-order valence-electron chi connectivity index (χ3n) is 4.07. The maximum Gasteiger partial charge on any atom is 0.140 e. The fourth-order valence-electron chi connectivity index (χ4n) is 2.60. The minimum Gasteiger partial charge on any atom is -0.397 e. The lowest BCUT2D eigenvalue weighted by molar-refractivity contribution is 0.330. The van der Waals surface area contributed by atoms with Gasteiger partial charge in [0, 0.05) is 6.04 Å². The van der Waals surface area contributed by atoms with E-state index in [0.717, 1.165) is 27.5 Å². The van der Waals surface area contributed by atoms with Crippen LogP contribution in [0.15, 0.2) is 10.7 Å². The van der Waals surface area contributed by atoms with E-state index in [-0.39, 0.29) is 0 Å². The highest BCUT2D eigenvalue weighted by molar-refractivity contribution is 9.10. The number of anilines is 2. The summed E-state index contributed by atoms with van der Waals surface area (Å²) in [6, 6.07) is 0.555. The molecule has 0 atom stereocenters. The normalized spacial score (nSPS) is 23.9. The van der Waals surface area contributed by atoms with Gasteiger partial charge < -0.3 is 11.1 Å². The average molecular weight is 312 g/mol. The fourth-order valence-corrected chi connectivity index (χ4v) is 3.05. The predicted molar refractivity (Wildman–Crippen MR) is 80.7 cm³/mol. The van der Waals surface area contributed by atoms with Crippen molar-refractivity contribution in [1.82, 2.24) is 4.98 Å². The molecule has 100 valence electrons. The zero-order chi connectivity index (χ0) is 13.1. The Bertz CT molecular complexity index is 412. The van der Waals surface area contributed by atoms with Crippen molar-refractivity contribution in [3.63, 3.8) is 0 Å². The molecule has 0 aliphatic heterocycles. The van der Waals surface area contributed by atoms with Gasteiger partial charge in [0.25, 0.3) is 0 Å². The van der Waals surface area contributed by atoms with Crippen LogP contribution in [0.2, 0.25) is 0 Å². The van der Waals surface area contributed by atoms with Gasteiger partial charge in [-0.3, -0.25) is 0 Å². The Hall–Kier alpha value is -0.770. The van der Waals surface area contributed by atoms with Crippen LogP contribution in [0.3, 0.4) is 0 Å². The third-order valence-corrected chi connectivity index (χ3v) is 5.04. The number of nitrogens with one attached hydrogen (secondary N) is 1. The average Bonchev–Trinajstić information content (AvgIpc) is 2.40. The molecule has 0 spiro atoms. The van der Waals surface area contributed by atoms with Crippen LogP contribution >= 0.6 is 15.9 Å². The van der Waals surface area contributed by atoms with Gasteiger partial charge in [-0.15, -0.1) is 0 Å². The molecule has 1 aliphatic carbocycles. The van der Waals surface area contributed by atoms with E-state index >= 15 is 0 Å². The van der Waals surface area contributed by atoms with Gasteiger partial charge in [-0.05, 0) is 60.0 Å². The first-order chi connectivity index (χ1) is 8.61. The molecule has 0 bridgehead atoms. The minimum atomic E-state index is 0.555. The van der Waals surface area contributed by atoms with Crippen molar-refractivity contribution in [3.8, 4) is 0 Å². The van der Waals surface area contributed by atoms with Crippen LogP contribution in [-0.2, 0) is 0 Å². The second kappa shape index (κ2) is 5.91. The zero-order valence-electron chi connectivity index (χ0n) is 11.2. The lowest BCUT2D eigenvalue weighted by Gasteiger charge is -2.29. The molecule has 1 aromatic heterocycles. The van der Waals surface area contributed by atoms with E-state index in [2.05, 4.69) is 33.2 Å². The van der Waals surface area contributed by atoms with Gasteiger partial charge in [-0.2, -0.15) is 0 Å². The Morgan fingerprint density at radius 3 is 2.67 bits per heavy atom. The minimum absolute atomic E-state index is 0.555. The van der Waals surface area contributed by atoms with Gasteiger partial charge in [0.05, 0.1) is 16.4 Å². The monoisotopic (exact) mass is 311 g/mol. The molecule has 1 fully saturated rings. The van der Waals surface area contributed by atoms with Crippen molar-refractivity contribution < 1.29 is 0 Å². The number of nitrogens with zero attached hydrogens (tertiary/aromatic N) is 1. The molecule has 0 radical (unpaired) electrons. The highest BCUT2D eigenvalue weighted by atomic mass is 79.9. The van der Waals surface area contributed by atoms with E-state index in [1.807, 2.05) is 6.92 Å². The molecule has 0 aromatic carbocycles. The first-order valence-electron chi connectivity index (χ1n) is 6.79. The fraction of sp³-hybridized carbons (Fsp3) is 0.643. The molecule has 1 aromatic rings. The van der Waals surface area contributed by atoms with E-state index in [9.17, 15) is 0 Å². The number of nitrogens with two attached hydrogens (primary N) is 1. The smallest absolute Gasteiger partial charge is 0.140 e. The second-order valence-electron chi connectivity index (χ2n) is 5.27. The SMILES string of the molecule is CCC1CCC(Nc2ncc(N)c(C)c2Br)CC1. The van der Waals surface area contributed by atoms with E-state index in [0.29, 0.717) is 6.04 Å². The zero-order valence-corrected chi connectivity index (χ0v) is 12.8. The second-order valence-corrected chi connectivity index (χ2v) is 6.06. The van der Waals surface area contributed by atoms with Gasteiger partial charge in [0.2, 0.25) is 0 Å². The van der Waals surface area contributed by atoms with E-state index in [1.165, 1.54) is 32.1 Å². The molecular weight excluding hydrogens is 290 g/mol. The molecule has 3 nitrogen and oxygen atoms in total. The van der Waals surface area contributed by atoms with Crippen LogP contribution < -0.4 is 11.1 Å². The molecular formula is C14H22BrN3. The number of halogens is 1. The first kappa shape index (κ1) is 13.7.